The van der Waals surface area contributed by atoms with Crippen LogP contribution in [0, 0.1) is 0 Å². The van der Waals surface area contributed by atoms with Crippen LogP contribution in [-0.2, 0) is 4.74 Å². The van der Waals surface area contributed by atoms with Crippen molar-refractivity contribution in [2.24, 2.45) is 0 Å². The topological polar surface area (TPSA) is 62.4 Å². The third-order valence-electron chi connectivity index (χ3n) is 3.84. The number of ether oxygens (including phenoxy) is 1. The number of carbonyl (C=O) groups excluding carboxylic acids is 1. The molecule has 1 aromatic heterocycles. The lowest BCUT2D eigenvalue weighted by Crippen LogP contribution is -2.46. The Balaban J connectivity index is 1.91. The van der Waals surface area contributed by atoms with Crippen molar-refractivity contribution in [2.45, 2.75) is 19.1 Å². The van der Waals surface area contributed by atoms with E-state index in [-0.39, 0.29) is 23.6 Å². The van der Waals surface area contributed by atoms with Gasteiger partial charge < -0.3 is 14.6 Å². The quantitative estimate of drug-likeness (QED) is 0.922. The summed E-state index contributed by atoms with van der Waals surface area (Å²) in [6.45, 7) is 2.95. The predicted molar refractivity (Wildman–Crippen MR) is 82.7 cm³/mol. The average molecular weight is 298 g/mol. The fraction of sp³-hybridized carbons (Fsp3) is 0.294. The van der Waals surface area contributed by atoms with Gasteiger partial charge in [-0.15, -0.1) is 0 Å². The second-order valence-electron chi connectivity index (χ2n) is 5.47. The minimum absolute atomic E-state index is 0.00771. The summed E-state index contributed by atoms with van der Waals surface area (Å²) in [5.74, 6) is -0.0970. The molecule has 1 aliphatic rings. The third kappa shape index (κ3) is 2.94. The van der Waals surface area contributed by atoms with Crippen LogP contribution in [0.1, 0.15) is 28.9 Å². The largest absolute Gasteiger partial charge is 0.374 e. The van der Waals surface area contributed by atoms with Crippen molar-refractivity contribution in [1.82, 2.24) is 9.88 Å². The summed E-state index contributed by atoms with van der Waals surface area (Å²) in [4.78, 5) is 28.3. The Hall–Kier alpha value is -2.40. The fourth-order valence-corrected chi connectivity index (χ4v) is 2.69. The number of morpholine rings is 1. The molecule has 0 unspecified atom stereocenters. The monoisotopic (exact) mass is 298 g/mol. The molecule has 1 amide bonds. The lowest BCUT2D eigenvalue weighted by molar-refractivity contribution is -0.0447. The maximum atomic E-state index is 12.8. The maximum absolute atomic E-state index is 12.8. The highest BCUT2D eigenvalue weighted by Crippen LogP contribution is 2.27. The Bertz CT molecular complexity index is 691. The molecule has 0 radical (unpaired) electrons. The number of amides is 1. The minimum Gasteiger partial charge on any atom is -0.374 e. The van der Waals surface area contributed by atoms with Gasteiger partial charge in [-0.3, -0.25) is 9.59 Å². The van der Waals surface area contributed by atoms with E-state index in [4.69, 9.17) is 4.74 Å². The first kappa shape index (κ1) is 14.5. The van der Waals surface area contributed by atoms with E-state index in [1.54, 1.807) is 6.07 Å². The van der Waals surface area contributed by atoms with E-state index in [2.05, 4.69) is 4.98 Å². The van der Waals surface area contributed by atoms with Crippen LogP contribution < -0.4 is 5.56 Å². The van der Waals surface area contributed by atoms with Crippen LogP contribution in [0.5, 0.6) is 0 Å². The van der Waals surface area contributed by atoms with Gasteiger partial charge in [0.05, 0.1) is 24.3 Å². The van der Waals surface area contributed by atoms with Crippen molar-refractivity contribution < 1.29 is 9.53 Å². The van der Waals surface area contributed by atoms with Crippen LogP contribution in [0.15, 0.2) is 53.5 Å². The number of nitrogens with one attached hydrogen (secondary N) is 1. The standard InChI is InChI=1S/C17H18N2O3/c1-12-10-19(17(21)14-7-8-16(20)18-9-14)15(11-22-12)13-5-3-2-4-6-13/h2-9,12,15H,10-11H2,1H3,(H,18,20)/t12-,15+/m1/s1. The van der Waals surface area contributed by atoms with Crippen molar-refractivity contribution in [2.75, 3.05) is 13.2 Å². The van der Waals surface area contributed by atoms with Crippen molar-refractivity contribution >= 4 is 5.91 Å². The van der Waals surface area contributed by atoms with E-state index >= 15 is 0 Å². The average Bonchev–Trinajstić information content (AvgIpc) is 2.55. The van der Waals surface area contributed by atoms with Gasteiger partial charge in [0.15, 0.2) is 0 Å². The lowest BCUT2D eigenvalue weighted by atomic mass is 10.0. The summed E-state index contributed by atoms with van der Waals surface area (Å²) >= 11 is 0. The number of nitrogens with zero attached hydrogens (tertiary/aromatic N) is 1. The van der Waals surface area contributed by atoms with Gasteiger partial charge in [0, 0.05) is 18.8 Å². The summed E-state index contributed by atoms with van der Waals surface area (Å²) in [6.07, 6.45) is 1.46. The zero-order chi connectivity index (χ0) is 15.5. The Morgan fingerprint density at radius 1 is 1.23 bits per heavy atom. The van der Waals surface area contributed by atoms with Gasteiger partial charge in [-0.25, -0.2) is 0 Å². The van der Waals surface area contributed by atoms with Gasteiger partial charge in [-0.05, 0) is 18.6 Å². The first-order valence-electron chi connectivity index (χ1n) is 7.31. The van der Waals surface area contributed by atoms with Crippen molar-refractivity contribution in [3.63, 3.8) is 0 Å². The number of hydrogen-bond donors (Lipinski definition) is 1. The van der Waals surface area contributed by atoms with E-state index in [0.29, 0.717) is 18.7 Å². The molecule has 0 bridgehead atoms. The molecule has 1 saturated heterocycles. The molecule has 0 aliphatic carbocycles. The smallest absolute Gasteiger partial charge is 0.256 e. The summed E-state index contributed by atoms with van der Waals surface area (Å²) < 4.78 is 5.73. The fourth-order valence-electron chi connectivity index (χ4n) is 2.69. The molecule has 0 spiro atoms. The molecule has 5 heteroatoms. The Labute approximate surface area is 128 Å². The van der Waals surface area contributed by atoms with E-state index in [0.717, 1.165) is 5.56 Å². The molecule has 2 aromatic rings. The van der Waals surface area contributed by atoms with E-state index < -0.39 is 0 Å². The van der Waals surface area contributed by atoms with E-state index in [1.807, 2.05) is 42.2 Å². The number of aromatic amines is 1. The summed E-state index contributed by atoms with van der Waals surface area (Å²) in [5, 5.41) is 0. The van der Waals surface area contributed by atoms with Crippen molar-refractivity contribution in [3.8, 4) is 0 Å². The Morgan fingerprint density at radius 2 is 2.00 bits per heavy atom. The Morgan fingerprint density at radius 3 is 2.68 bits per heavy atom. The molecule has 1 N–H and O–H groups in total. The highest BCUT2D eigenvalue weighted by Gasteiger charge is 2.32. The molecule has 3 rings (SSSR count). The first-order chi connectivity index (χ1) is 10.6. The van der Waals surface area contributed by atoms with Crippen LogP contribution in [-0.4, -0.2) is 35.0 Å². The lowest BCUT2D eigenvalue weighted by Gasteiger charge is -2.39. The molecular weight excluding hydrogens is 280 g/mol. The van der Waals surface area contributed by atoms with Crippen molar-refractivity contribution in [1.29, 1.82) is 0 Å². The SMILES string of the molecule is C[C@@H]1CN(C(=O)c2ccc(=O)[nH]c2)[C@H](c2ccccc2)CO1. The number of carbonyl (C=O) groups is 1. The zero-order valence-corrected chi connectivity index (χ0v) is 12.4. The zero-order valence-electron chi connectivity index (χ0n) is 12.4. The van der Waals surface area contributed by atoms with E-state index in [9.17, 15) is 9.59 Å². The molecule has 22 heavy (non-hydrogen) atoms. The molecule has 114 valence electrons. The van der Waals surface area contributed by atoms with Gasteiger partial charge >= 0.3 is 0 Å². The third-order valence-corrected chi connectivity index (χ3v) is 3.84. The number of aromatic nitrogens is 1. The highest BCUT2D eigenvalue weighted by atomic mass is 16.5. The minimum atomic E-state index is -0.216. The molecule has 1 aromatic carbocycles. The maximum Gasteiger partial charge on any atom is 0.256 e. The molecular formula is C17H18N2O3. The molecule has 0 saturated carbocycles. The summed E-state index contributed by atoms with van der Waals surface area (Å²) in [6, 6.07) is 12.7. The second-order valence-corrected chi connectivity index (χ2v) is 5.47. The number of benzene rings is 1. The predicted octanol–water partition coefficient (Wildman–Crippen LogP) is 1.98. The van der Waals surface area contributed by atoms with Crippen LogP contribution in [0.3, 0.4) is 0 Å². The van der Waals surface area contributed by atoms with Crippen molar-refractivity contribution in [3.05, 3.63) is 70.1 Å². The number of rotatable bonds is 2. The normalized spacial score (nSPS) is 21.6. The van der Waals surface area contributed by atoms with Gasteiger partial charge in [0.25, 0.3) is 5.91 Å². The van der Waals surface area contributed by atoms with Crippen LogP contribution >= 0.6 is 0 Å². The van der Waals surface area contributed by atoms with Gasteiger partial charge in [0.2, 0.25) is 5.56 Å². The van der Waals surface area contributed by atoms with Crippen LogP contribution in [0.2, 0.25) is 0 Å². The van der Waals surface area contributed by atoms with Gasteiger partial charge in [0.1, 0.15) is 0 Å². The molecule has 1 fully saturated rings. The first-order valence-corrected chi connectivity index (χ1v) is 7.31. The highest BCUT2D eigenvalue weighted by molar-refractivity contribution is 5.94. The van der Waals surface area contributed by atoms with E-state index in [1.165, 1.54) is 12.3 Å². The second kappa shape index (κ2) is 6.15. The summed E-state index contributed by atoms with van der Waals surface area (Å²) in [7, 11) is 0. The summed E-state index contributed by atoms with van der Waals surface area (Å²) in [5.41, 5.74) is 1.31. The number of hydrogen-bond acceptors (Lipinski definition) is 3. The molecule has 1 aliphatic heterocycles. The van der Waals surface area contributed by atoms with Crippen LogP contribution in [0.25, 0.3) is 0 Å². The van der Waals surface area contributed by atoms with Gasteiger partial charge in [-0.2, -0.15) is 0 Å². The van der Waals surface area contributed by atoms with Crippen LogP contribution in [0.4, 0.5) is 0 Å². The van der Waals surface area contributed by atoms with Gasteiger partial charge in [-0.1, -0.05) is 30.3 Å². The molecule has 5 nitrogen and oxygen atoms in total. The molecule has 2 atom stereocenters. The molecule has 2 heterocycles. The Kier molecular flexibility index (Phi) is 4.06. The number of H-pyrrole nitrogens is 1. The number of pyridine rings is 1.